The quantitative estimate of drug-likeness (QED) is 0.727. The van der Waals surface area contributed by atoms with Crippen LogP contribution in [0.2, 0.25) is 0 Å². The number of hydrogen-bond donors (Lipinski definition) is 1. The fourth-order valence-corrected chi connectivity index (χ4v) is 3.52. The van der Waals surface area contributed by atoms with Crippen LogP contribution in [0.1, 0.15) is 11.5 Å². The highest BCUT2D eigenvalue weighted by Gasteiger charge is 2.18. The Balaban J connectivity index is 1.75. The summed E-state index contributed by atoms with van der Waals surface area (Å²) in [4.78, 5) is 4.44. The molecule has 8 heteroatoms. The predicted octanol–water partition coefficient (Wildman–Crippen LogP) is 2.53. The number of aromatic nitrogens is 2. The Kier molecular flexibility index (Phi) is 4.82. The predicted molar refractivity (Wildman–Crippen MR) is 91.5 cm³/mol. The lowest BCUT2D eigenvalue weighted by Gasteiger charge is -2.07. The normalized spacial score (nSPS) is 11.4. The number of benzene rings is 2. The van der Waals surface area contributed by atoms with Crippen molar-refractivity contribution in [3.63, 3.8) is 0 Å². The maximum absolute atomic E-state index is 12.4. The van der Waals surface area contributed by atoms with Crippen molar-refractivity contribution in [1.29, 1.82) is 0 Å². The average molecular weight is 359 g/mol. The summed E-state index contributed by atoms with van der Waals surface area (Å²) in [6.07, 6.45) is 0. The van der Waals surface area contributed by atoms with E-state index in [4.69, 9.17) is 9.26 Å². The minimum absolute atomic E-state index is 0.0896. The topological polar surface area (TPSA) is 94.3 Å². The van der Waals surface area contributed by atoms with Gasteiger partial charge in [0.1, 0.15) is 5.75 Å². The minimum atomic E-state index is -3.65. The van der Waals surface area contributed by atoms with E-state index in [1.807, 2.05) is 12.1 Å². The fraction of sp³-hybridized carbons (Fsp3) is 0.176. The summed E-state index contributed by atoms with van der Waals surface area (Å²) in [6, 6.07) is 13.9. The zero-order valence-corrected chi connectivity index (χ0v) is 14.6. The molecule has 7 nitrogen and oxygen atoms in total. The van der Waals surface area contributed by atoms with Crippen LogP contribution < -0.4 is 9.46 Å². The standard InChI is InChI=1S/C17H17N3O4S/c1-12-6-3-4-9-15(12)25(21,22)18-11-16-19-17(20-24-16)13-7-5-8-14(10-13)23-2/h3-10,18H,11H2,1-2H3. The van der Waals surface area contributed by atoms with Gasteiger partial charge in [-0.1, -0.05) is 35.5 Å². The van der Waals surface area contributed by atoms with Gasteiger partial charge < -0.3 is 9.26 Å². The minimum Gasteiger partial charge on any atom is -0.497 e. The second kappa shape index (κ2) is 7.04. The summed E-state index contributed by atoms with van der Waals surface area (Å²) in [5, 5.41) is 3.88. The number of sulfonamides is 1. The summed E-state index contributed by atoms with van der Waals surface area (Å²) < 4.78 is 37.5. The van der Waals surface area contributed by atoms with Gasteiger partial charge in [0, 0.05) is 5.56 Å². The van der Waals surface area contributed by atoms with Gasteiger partial charge in [-0.3, -0.25) is 0 Å². The SMILES string of the molecule is COc1cccc(-c2noc(CNS(=O)(=O)c3ccccc3C)n2)c1. The molecule has 1 N–H and O–H groups in total. The Morgan fingerprint density at radius 3 is 2.72 bits per heavy atom. The summed E-state index contributed by atoms with van der Waals surface area (Å²) in [6.45, 7) is 1.65. The van der Waals surface area contributed by atoms with Gasteiger partial charge in [0.05, 0.1) is 18.6 Å². The second-order valence-electron chi connectivity index (χ2n) is 5.33. The van der Waals surface area contributed by atoms with Crippen LogP contribution in [0.4, 0.5) is 0 Å². The first kappa shape index (κ1) is 17.1. The van der Waals surface area contributed by atoms with Gasteiger partial charge in [-0.25, -0.2) is 13.1 Å². The van der Waals surface area contributed by atoms with Crippen molar-refractivity contribution in [2.24, 2.45) is 0 Å². The highest BCUT2D eigenvalue weighted by molar-refractivity contribution is 7.89. The molecule has 3 rings (SSSR count). The number of methoxy groups -OCH3 is 1. The average Bonchev–Trinajstić information content (AvgIpc) is 3.09. The third-order valence-corrected chi connectivity index (χ3v) is 5.15. The van der Waals surface area contributed by atoms with Crippen LogP contribution in [0.25, 0.3) is 11.4 Å². The van der Waals surface area contributed by atoms with Gasteiger partial charge in [-0.2, -0.15) is 4.98 Å². The first-order valence-electron chi connectivity index (χ1n) is 7.52. The molecular formula is C17H17N3O4S. The number of ether oxygens (including phenoxy) is 1. The Labute approximate surface area is 145 Å². The highest BCUT2D eigenvalue weighted by atomic mass is 32.2. The number of rotatable bonds is 6. The molecule has 0 amide bonds. The number of aryl methyl sites for hydroxylation is 1. The third kappa shape index (κ3) is 3.86. The maximum atomic E-state index is 12.4. The Morgan fingerprint density at radius 1 is 1.16 bits per heavy atom. The molecule has 0 unspecified atom stereocenters. The smallest absolute Gasteiger partial charge is 0.242 e. The molecule has 0 radical (unpaired) electrons. The van der Waals surface area contributed by atoms with E-state index in [1.54, 1.807) is 50.4 Å². The molecule has 25 heavy (non-hydrogen) atoms. The first-order valence-corrected chi connectivity index (χ1v) is 9.00. The second-order valence-corrected chi connectivity index (χ2v) is 7.07. The van der Waals surface area contributed by atoms with Gasteiger partial charge in [0.25, 0.3) is 0 Å². The molecule has 0 aliphatic carbocycles. The molecule has 0 bridgehead atoms. The molecule has 0 saturated heterocycles. The van der Waals surface area contributed by atoms with Gasteiger partial charge in [-0.05, 0) is 30.7 Å². The van der Waals surface area contributed by atoms with Crippen LogP contribution in [-0.2, 0) is 16.6 Å². The lowest BCUT2D eigenvalue weighted by molar-refractivity contribution is 0.376. The molecule has 0 spiro atoms. The van der Waals surface area contributed by atoms with Crippen LogP contribution in [-0.4, -0.2) is 25.7 Å². The van der Waals surface area contributed by atoms with Gasteiger partial charge in [0.2, 0.25) is 21.7 Å². The Bertz CT molecular complexity index is 983. The lowest BCUT2D eigenvalue weighted by atomic mass is 10.2. The van der Waals surface area contributed by atoms with E-state index in [0.717, 1.165) is 5.56 Å². The van der Waals surface area contributed by atoms with Crippen molar-refractivity contribution < 1.29 is 17.7 Å². The van der Waals surface area contributed by atoms with Crippen LogP contribution in [0, 0.1) is 6.92 Å². The third-order valence-electron chi connectivity index (χ3n) is 3.59. The largest absolute Gasteiger partial charge is 0.497 e. The zero-order valence-electron chi connectivity index (χ0n) is 13.8. The van der Waals surface area contributed by atoms with E-state index < -0.39 is 10.0 Å². The number of nitrogens with zero attached hydrogens (tertiary/aromatic N) is 2. The molecule has 0 aliphatic rings. The molecule has 0 aliphatic heterocycles. The van der Waals surface area contributed by atoms with E-state index in [-0.39, 0.29) is 17.3 Å². The van der Waals surface area contributed by atoms with E-state index >= 15 is 0 Å². The molecule has 130 valence electrons. The molecule has 0 fully saturated rings. The van der Waals surface area contributed by atoms with Crippen LogP contribution >= 0.6 is 0 Å². The van der Waals surface area contributed by atoms with E-state index in [2.05, 4.69) is 14.9 Å². The van der Waals surface area contributed by atoms with Crippen molar-refractivity contribution in [1.82, 2.24) is 14.9 Å². The van der Waals surface area contributed by atoms with Crippen LogP contribution in [0.3, 0.4) is 0 Å². The molecule has 0 atom stereocenters. The molecular weight excluding hydrogens is 342 g/mol. The highest BCUT2D eigenvalue weighted by Crippen LogP contribution is 2.21. The van der Waals surface area contributed by atoms with Crippen LogP contribution in [0.5, 0.6) is 5.75 Å². The van der Waals surface area contributed by atoms with Crippen molar-refractivity contribution in [2.75, 3.05) is 7.11 Å². The van der Waals surface area contributed by atoms with Crippen molar-refractivity contribution in [3.05, 3.63) is 60.0 Å². The summed E-state index contributed by atoms with van der Waals surface area (Å²) in [5.41, 5.74) is 1.38. The monoisotopic (exact) mass is 359 g/mol. The zero-order chi connectivity index (χ0) is 17.9. The first-order chi connectivity index (χ1) is 12.0. The Hall–Kier alpha value is -2.71. The van der Waals surface area contributed by atoms with Gasteiger partial charge in [-0.15, -0.1) is 0 Å². The van der Waals surface area contributed by atoms with Crippen LogP contribution in [0.15, 0.2) is 57.9 Å². The van der Waals surface area contributed by atoms with Crippen molar-refractivity contribution >= 4 is 10.0 Å². The summed E-state index contributed by atoms with van der Waals surface area (Å²) in [5.74, 6) is 1.21. The van der Waals surface area contributed by atoms with Gasteiger partial charge >= 0.3 is 0 Å². The van der Waals surface area contributed by atoms with E-state index in [0.29, 0.717) is 17.1 Å². The molecule has 0 saturated carbocycles. The molecule has 1 heterocycles. The number of hydrogen-bond acceptors (Lipinski definition) is 6. The van der Waals surface area contributed by atoms with Crippen molar-refractivity contribution in [2.45, 2.75) is 18.4 Å². The lowest BCUT2D eigenvalue weighted by Crippen LogP contribution is -2.24. The maximum Gasteiger partial charge on any atom is 0.242 e. The summed E-state index contributed by atoms with van der Waals surface area (Å²) >= 11 is 0. The summed E-state index contributed by atoms with van der Waals surface area (Å²) in [7, 11) is -2.08. The number of nitrogens with one attached hydrogen (secondary N) is 1. The molecule has 2 aromatic carbocycles. The van der Waals surface area contributed by atoms with E-state index in [1.165, 1.54) is 0 Å². The molecule has 3 aromatic rings. The molecule has 1 aromatic heterocycles. The van der Waals surface area contributed by atoms with Crippen molar-refractivity contribution in [3.8, 4) is 17.1 Å². The van der Waals surface area contributed by atoms with Gasteiger partial charge in [0.15, 0.2) is 0 Å². The van der Waals surface area contributed by atoms with E-state index in [9.17, 15) is 8.42 Å². The fourth-order valence-electron chi connectivity index (χ4n) is 2.30. The Morgan fingerprint density at radius 2 is 1.96 bits per heavy atom.